The van der Waals surface area contributed by atoms with Crippen molar-refractivity contribution < 1.29 is 19.4 Å². The number of carbonyl (C=O) groups excluding carboxylic acids is 1. The van der Waals surface area contributed by atoms with Crippen molar-refractivity contribution in [1.29, 1.82) is 0 Å². The second-order valence-corrected chi connectivity index (χ2v) is 3.48. The van der Waals surface area contributed by atoms with Gasteiger partial charge in [0, 0.05) is 12.5 Å². The summed E-state index contributed by atoms with van der Waals surface area (Å²) in [6.45, 7) is 10.3. The van der Waals surface area contributed by atoms with Crippen LogP contribution in [0.25, 0.3) is 0 Å². The second kappa shape index (κ2) is 7.12. The molecular weight excluding hydrogens is 184 g/mol. The van der Waals surface area contributed by atoms with Gasteiger partial charge in [0.25, 0.3) is 0 Å². The van der Waals surface area contributed by atoms with E-state index in [-0.39, 0.29) is 12.4 Å². The lowest BCUT2D eigenvalue weighted by molar-refractivity contribution is -0.148. The zero-order valence-electron chi connectivity index (χ0n) is 9.16. The van der Waals surface area contributed by atoms with Crippen molar-refractivity contribution in [2.24, 2.45) is 0 Å². The van der Waals surface area contributed by atoms with E-state index in [0.29, 0.717) is 0 Å². The molecule has 0 aliphatic rings. The monoisotopic (exact) mass is 202 g/mol. The molecule has 0 saturated heterocycles. The number of carboxylic acids is 1. The van der Waals surface area contributed by atoms with E-state index in [1.165, 1.54) is 0 Å². The van der Waals surface area contributed by atoms with Crippen LogP contribution in [0.3, 0.4) is 0 Å². The lowest BCUT2D eigenvalue weighted by Gasteiger charge is -2.17. The van der Waals surface area contributed by atoms with Crippen LogP contribution in [0.4, 0.5) is 0 Å². The van der Waals surface area contributed by atoms with Gasteiger partial charge in [-0.2, -0.15) is 0 Å². The molecule has 0 aliphatic heterocycles. The molecule has 0 spiro atoms. The van der Waals surface area contributed by atoms with Gasteiger partial charge in [0.15, 0.2) is 0 Å². The highest BCUT2D eigenvalue weighted by atomic mass is 16.6. The van der Waals surface area contributed by atoms with Crippen LogP contribution < -0.4 is 0 Å². The van der Waals surface area contributed by atoms with Crippen LogP contribution >= 0.6 is 0 Å². The molecule has 0 fully saturated rings. The minimum absolute atomic E-state index is 0.222. The fourth-order valence-corrected chi connectivity index (χ4v) is 0.343. The first-order valence-electron chi connectivity index (χ1n) is 4.30. The molecule has 0 amide bonds. The van der Waals surface area contributed by atoms with E-state index in [1.54, 1.807) is 6.92 Å². The van der Waals surface area contributed by atoms with E-state index in [0.717, 1.165) is 6.08 Å². The van der Waals surface area contributed by atoms with Gasteiger partial charge in [0.2, 0.25) is 0 Å². The van der Waals surface area contributed by atoms with E-state index < -0.39 is 11.6 Å². The highest BCUT2D eigenvalue weighted by Crippen LogP contribution is 2.06. The first-order chi connectivity index (χ1) is 6.22. The molecule has 0 rings (SSSR count). The SMILES string of the molecule is C=CC(=O)OC(C)(C)C.CCC(=O)O. The van der Waals surface area contributed by atoms with Crippen LogP contribution in [-0.4, -0.2) is 22.6 Å². The summed E-state index contributed by atoms with van der Waals surface area (Å²) in [7, 11) is 0. The molecule has 0 aromatic rings. The minimum atomic E-state index is -0.745. The zero-order chi connectivity index (χ0) is 11.8. The average Bonchev–Trinajstić information content (AvgIpc) is 2.02. The van der Waals surface area contributed by atoms with Crippen molar-refractivity contribution in [2.75, 3.05) is 0 Å². The molecule has 4 heteroatoms. The quantitative estimate of drug-likeness (QED) is 0.549. The lowest BCUT2D eigenvalue weighted by Crippen LogP contribution is -2.22. The maximum atomic E-state index is 10.5. The third-order valence-corrected chi connectivity index (χ3v) is 0.876. The third kappa shape index (κ3) is 17.0. The molecule has 1 N–H and O–H groups in total. The number of hydrogen-bond acceptors (Lipinski definition) is 3. The summed E-state index contributed by atoms with van der Waals surface area (Å²) in [5.41, 5.74) is -0.398. The van der Waals surface area contributed by atoms with Crippen molar-refractivity contribution in [2.45, 2.75) is 39.7 Å². The van der Waals surface area contributed by atoms with Gasteiger partial charge < -0.3 is 9.84 Å². The van der Waals surface area contributed by atoms with E-state index in [1.807, 2.05) is 20.8 Å². The number of aliphatic carboxylic acids is 1. The van der Waals surface area contributed by atoms with E-state index in [4.69, 9.17) is 9.84 Å². The van der Waals surface area contributed by atoms with Crippen molar-refractivity contribution in [3.05, 3.63) is 12.7 Å². The number of carboxylic acid groups (broad SMARTS) is 1. The number of carbonyl (C=O) groups is 2. The number of esters is 1. The lowest BCUT2D eigenvalue weighted by atomic mass is 10.2. The van der Waals surface area contributed by atoms with Crippen LogP contribution in [0, 0.1) is 0 Å². The fourth-order valence-electron chi connectivity index (χ4n) is 0.343. The maximum absolute atomic E-state index is 10.5. The van der Waals surface area contributed by atoms with Crippen molar-refractivity contribution in [3.63, 3.8) is 0 Å². The van der Waals surface area contributed by atoms with Crippen LogP contribution in [0.1, 0.15) is 34.1 Å². The average molecular weight is 202 g/mol. The van der Waals surface area contributed by atoms with E-state index >= 15 is 0 Å². The number of hydrogen-bond donors (Lipinski definition) is 1. The molecule has 0 aromatic carbocycles. The summed E-state index contributed by atoms with van der Waals surface area (Å²) in [6.07, 6.45) is 1.38. The molecule has 0 saturated carbocycles. The molecular formula is C10H18O4. The number of rotatable bonds is 2. The van der Waals surface area contributed by atoms with Crippen LogP contribution in [0.2, 0.25) is 0 Å². The fraction of sp³-hybridized carbons (Fsp3) is 0.600. The summed E-state index contributed by atoms with van der Waals surface area (Å²) in [5.74, 6) is -1.12. The third-order valence-electron chi connectivity index (χ3n) is 0.876. The van der Waals surface area contributed by atoms with Gasteiger partial charge in [0.1, 0.15) is 5.60 Å². The summed E-state index contributed by atoms with van der Waals surface area (Å²) in [6, 6.07) is 0. The van der Waals surface area contributed by atoms with Gasteiger partial charge in [-0.3, -0.25) is 4.79 Å². The van der Waals surface area contributed by atoms with Gasteiger partial charge in [-0.15, -0.1) is 0 Å². The molecule has 82 valence electrons. The molecule has 0 heterocycles. The van der Waals surface area contributed by atoms with Gasteiger partial charge >= 0.3 is 11.9 Å². The van der Waals surface area contributed by atoms with Gasteiger partial charge in [0.05, 0.1) is 0 Å². The van der Waals surface area contributed by atoms with E-state index in [9.17, 15) is 9.59 Å². The Hall–Kier alpha value is -1.32. The van der Waals surface area contributed by atoms with Crippen molar-refractivity contribution in [3.8, 4) is 0 Å². The zero-order valence-corrected chi connectivity index (χ0v) is 9.16. The largest absolute Gasteiger partial charge is 0.481 e. The summed E-state index contributed by atoms with van der Waals surface area (Å²) < 4.78 is 4.83. The summed E-state index contributed by atoms with van der Waals surface area (Å²) in [5, 5.41) is 7.72. The minimum Gasteiger partial charge on any atom is -0.481 e. The molecule has 0 aromatic heterocycles. The van der Waals surface area contributed by atoms with Gasteiger partial charge in [-0.05, 0) is 20.8 Å². The Labute approximate surface area is 84.6 Å². The second-order valence-electron chi connectivity index (χ2n) is 3.48. The van der Waals surface area contributed by atoms with Crippen molar-refractivity contribution >= 4 is 11.9 Å². The van der Waals surface area contributed by atoms with Crippen LogP contribution in [0.15, 0.2) is 12.7 Å². The topological polar surface area (TPSA) is 63.6 Å². The predicted molar refractivity (Wildman–Crippen MR) is 54.0 cm³/mol. The predicted octanol–water partition coefficient (Wildman–Crippen LogP) is 2.00. The Balaban J connectivity index is 0. The molecule has 4 nitrogen and oxygen atoms in total. The molecule has 14 heavy (non-hydrogen) atoms. The summed E-state index contributed by atoms with van der Waals surface area (Å²) in [4.78, 5) is 19.9. The Morgan fingerprint density at radius 1 is 1.43 bits per heavy atom. The highest BCUT2D eigenvalue weighted by molar-refractivity contribution is 5.81. The van der Waals surface area contributed by atoms with Crippen molar-refractivity contribution in [1.82, 2.24) is 0 Å². The Kier molecular flexibility index (Phi) is 7.71. The summed E-state index contributed by atoms with van der Waals surface area (Å²) >= 11 is 0. The molecule has 0 radical (unpaired) electrons. The standard InChI is InChI=1S/C7H12O2.C3H6O2/c1-5-6(8)9-7(2,3)4;1-2-3(4)5/h5H,1H2,2-4H3;2H2,1H3,(H,4,5). The normalized spacial score (nSPS) is 9.43. The van der Waals surface area contributed by atoms with E-state index in [2.05, 4.69) is 6.58 Å². The highest BCUT2D eigenvalue weighted by Gasteiger charge is 2.12. The Morgan fingerprint density at radius 2 is 1.79 bits per heavy atom. The molecule has 0 aliphatic carbocycles. The smallest absolute Gasteiger partial charge is 0.330 e. The van der Waals surface area contributed by atoms with Gasteiger partial charge in [-0.1, -0.05) is 13.5 Å². The molecule has 0 bridgehead atoms. The van der Waals surface area contributed by atoms with Gasteiger partial charge in [-0.25, -0.2) is 4.79 Å². The van der Waals surface area contributed by atoms with Crippen LogP contribution in [-0.2, 0) is 14.3 Å². The first-order valence-corrected chi connectivity index (χ1v) is 4.30. The molecule has 0 atom stereocenters. The first kappa shape index (κ1) is 15.2. The Bertz CT molecular complexity index is 201. The van der Waals surface area contributed by atoms with Crippen LogP contribution in [0.5, 0.6) is 0 Å². The maximum Gasteiger partial charge on any atom is 0.330 e. The molecule has 0 unspecified atom stereocenters. The Morgan fingerprint density at radius 3 is 1.86 bits per heavy atom. The number of ether oxygens (including phenoxy) is 1.